The van der Waals surface area contributed by atoms with E-state index in [1.165, 1.54) is 77.0 Å². The minimum Gasteiger partial charge on any atom is -0.198 e. The zero-order valence-electron chi connectivity index (χ0n) is 14.9. The first-order valence-electron chi connectivity index (χ1n) is 9.68. The van der Waals surface area contributed by atoms with Crippen LogP contribution < -0.4 is 0 Å². The molecule has 1 unspecified atom stereocenters. The lowest BCUT2D eigenvalue weighted by Gasteiger charge is -2.08. The molecule has 0 radical (unpaired) electrons. The molecule has 0 bridgehead atoms. The molecule has 22 heavy (non-hydrogen) atoms. The average Bonchev–Trinajstić information content (AvgIpc) is 2.54. The molecule has 1 atom stereocenters. The molecule has 1 heteroatoms. The van der Waals surface area contributed by atoms with Crippen molar-refractivity contribution < 1.29 is 0 Å². The fourth-order valence-corrected chi connectivity index (χ4v) is 2.95. The second-order valence-corrected chi connectivity index (χ2v) is 6.60. The molecule has 0 fully saturated rings. The van der Waals surface area contributed by atoms with Crippen molar-refractivity contribution in [1.29, 1.82) is 5.26 Å². The van der Waals surface area contributed by atoms with Gasteiger partial charge < -0.3 is 0 Å². The van der Waals surface area contributed by atoms with E-state index in [9.17, 15) is 5.26 Å². The molecule has 0 aromatic heterocycles. The highest BCUT2D eigenvalue weighted by Crippen LogP contribution is 2.18. The highest BCUT2D eigenvalue weighted by Gasteiger charge is 2.06. The summed E-state index contributed by atoms with van der Waals surface area (Å²) in [6, 6.07) is 2.50. The lowest BCUT2D eigenvalue weighted by atomic mass is 9.95. The SMILES string of the molecule is C#CCCCCCCC(C#N)CCCCCCCCCCC. The van der Waals surface area contributed by atoms with Crippen LogP contribution in [0.25, 0.3) is 0 Å². The zero-order valence-corrected chi connectivity index (χ0v) is 14.9. The second kappa shape index (κ2) is 18.1. The van der Waals surface area contributed by atoms with Crippen LogP contribution in [-0.2, 0) is 0 Å². The Hall–Kier alpha value is -0.950. The van der Waals surface area contributed by atoms with Gasteiger partial charge in [0.15, 0.2) is 0 Å². The molecular weight excluding hydrogens is 266 g/mol. The second-order valence-electron chi connectivity index (χ2n) is 6.60. The standard InChI is InChI=1S/C21H37N/c1-3-5-7-9-11-12-13-15-17-19-21(20-22)18-16-14-10-8-6-4-2/h2,21H,3,5-19H2,1H3. The maximum absolute atomic E-state index is 9.21. The smallest absolute Gasteiger partial charge is 0.0655 e. The number of hydrogen-bond donors (Lipinski definition) is 0. The van der Waals surface area contributed by atoms with Gasteiger partial charge in [0.1, 0.15) is 0 Å². The first kappa shape index (κ1) is 21.0. The van der Waals surface area contributed by atoms with Crippen LogP contribution in [0.15, 0.2) is 0 Å². The molecule has 0 rings (SSSR count). The topological polar surface area (TPSA) is 23.8 Å². The molecule has 0 aliphatic rings. The van der Waals surface area contributed by atoms with Crippen molar-refractivity contribution in [2.24, 2.45) is 5.92 Å². The van der Waals surface area contributed by atoms with Gasteiger partial charge in [0.2, 0.25) is 0 Å². The van der Waals surface area contributed by atoms with E-state index in [1.54, 1.807) is 0 Å². The van der Waals surface area contributed by atoms with E-state index < -0.39 is 0 Å². The van der Waals surface area contributed by atoms with Crippen LogP contribution in [0.1, 0.15) is 110 Å². The number of nitriles is 1. The summed E-state index contributed by atoms with van der Waals surface area (Å²) in [6.45, 7) is 2.27. The van der Waals surface area contributed by atoms with Crippen molar-refractivity contribution in [3.8, 4) is 18.4 Å². The fraction of sp³-hybridized carbons (Fsp3) is 0.857. The Morgan fingerprint density at radius 2 is 1.18 bits per heavy atom. The van der Waals surface area contributed by atoms with Gasteiger partial charge in [-0.05, 0) is 19.3 Å². The quantitative estimate of drug-likeness (QED) is 0.222. The van der Waals surface area contributed by atoms with Crippen LogP contribution in [0, 0.1) is 29.6 Å². The lowest BCUT2D eigenvalue weighted by Crippen LogP contribution is -1.97. The first-order chi connectivity index (χ1) is 10.8. The van der Waals surface area contributed by atoms with E-state index in [2.05, 4.69) is 18.9 Å². The Morgan fingerprint density at radius 1 is 0.727 bits per heavy atom. The van der Waals surface area contributed by atoms with Gasteiger partial charge in [-0.15, -0.1) is 12.3 Å². The van der Waals surface area contributed by atoms with E-state index in [0.29, 0.717) is 0 Å². The Labute approximate surface area is 139 Å². The van der Waals surface area contributed by atoms with Gasteiger partial charge in [-0.1, -0.05) is 84.0 Å². The summed E-state index contributed by atoms with van der Waals surface area (Å²) in [5.41, 5.74) is 0. The largest absolute Gasteiger partial charge is 0.198 e. The number of rotatable bonds is 16. The molecule has 0 aliphatic heterocycles. The summed E-state index contributed by atoms with van der Waals surface area (Å²) in [4.78, 5) is 0. The van der Waals surface area contributed by atoms with E-state index in [1.807, 2.05) is 0 Å². The van der Waals surface area contributed by atoms with Crippen LogP contribution in [0.4, 0.5) is 0 Å². The predicted molar refractivity (Wildman–Crippen MR) is 97.5 cm³/mol. The summed E-state index contributed by atoms with van der Waals surface area (Å²) in [5, 5.41) is 9.21. The summed E-state index contributed by atoms with van der Waals surface area (Å²) >= 11 is 0. The molecule has 0 N–H and O–H groups in total. The third-order valence-corrected chi connectivity index (χ3v) is 4.46. The average molecular weight is 304 g/mol. The lowest BCUT2D eigenvalue weighted by molar-refractivity contribution is 0.473. The maximum Gasteiger partial charge on any atom is 0.0655 e. The van der Waals surface area contributed by atoms with Crippen molar-refractivity contribution in [3.05, 3.63) is 0 Å². The molecular formula is C21H37N. The van der Waals surface area contributed by atoms with Crippen molar-refractivity contribution in [2.75, 3.05) is 0 Å². The minimum absolute atomic E-state index is 0.289. The molecule has 0 spiro atoms. The van der Waals surface area contributed by atoms with Gasteiger partial charge in [0.25, 0.3) is 0 Å². The molecule has 126 valence electrons. The van der Waals surface area contributed by atoms with Crippen molar-refractivity contribution in [3.63, 3.8) is 0 Å². The van der Waals surface area contributed by atoms with Gasteiger partial charge in [-0.2, -0.15) is 5.26 Å². The minimum atomic E-state index is 0.289. The zero-order chi connectivity index (χ0) is 16.3. The Morgan fingerprint density at radius 3 is 1.64 bits per heavy atom. The van der Waals surface area contributed by atoms with Gasteiger partial charge in [-0.25, -0.2) is 0 Å². The third-order valence-electron chi connectivity index (χ3n) is 4.46. The van der Waals surface area contributed by atoms with Crippen molar-refractivity contribution in [1.82, 2.24) is 0 Å². The third kappa shape index (κ3) is 15.4. The fourth-order valence-electron chi connectivity index (χ4n) is 2.95. The Kier molecular flexibility index (Phi) is 17.3. The molecule has 0 saturated heterocycles. The van der Waals surface area contributed by atoms with Crippen LogP contribution in [-0.4, -0.2) is 0 Å². The summed E-state index contributed by atoms with van der Waals surface area (Å²) in [6.07, 6.45) is 25.4. The Bertz CT molecular complexity index is 294. The van der Waals surface area contributed by atoms with Gasteiger partial charge in [-0.3, -0.25) is 0 Å². The monoisotopic (exact) mass is 303 g/mol. The van der Waals surface area contributed by atoms with Crippen LogP contribution in [0.2, 0.25) is 0 Å². The van der Waals surface area contributed by atoms with E-state index >= 15 is 0 Å². The molecule has 0 saturated carbocycles. The van der Waals surface area contributed by atoms with Crippen LogP contribution in [0.3, 0.4) is 0 Å². The highest BCUT2D eigenvalue weighted by molar-refractivity contribution is 4.83. The van der Waals surface area contributed by atoms with Gasteiger partial charge in [0.05, 0.1) is 6.07 Å². The number of unbranched alkanes of at least 4 members (excludes halogenated alkanes) is 12. The maximum atomic E-state index is 9.21. The predicted octanol–water partition coefficient (Wildman–Crippen LogP) is 7.02. The number of nitrogens with zero attached hydrogens (tertiary/aromatic N) is 1. The van der Waals surface area contributed by atoms with Crippen molar-refractivity contribution >= 4 is 0 Å². The number of terminal acetylenes is 1. The Balaban J connectivity index is 3.32. The van der Waals surface area contributed by atoms with Crippen molar-refractivity contribution in [2.45, 2.75) is 110 Å². The van der Waals surface area contributed by atoms with Gasteiger partial charge >= 0.3 is 0 Å². The molecule has 0 aliphatic carbocycles. The normalized spacial score (nSPS) is 11.8. The summed E-state index contributed by atoms with van der Waals surface area (Å²) < 4.78 is 0. The van der Waals surface area contributed by atoms with Crippen LogP contribution >= 0.6 is 0 Å². The molecule has 1 nitrogen and oxygen atoms in total. The highest BCUT2D eigenvalue weighted by atomic mass is 14.3. The molecule has 0 heterocycles. The first-order valence-corrected chi connectivity index (χ1v) is 9.68. The molecule has 0 amide bonds. The molecule has 0 aromatic carbocycles. The summed E-state index contributed by atoms with van der Waals surface area (Å²) in [7, 11) is 0. The molecule has 0 aromatic rings. The van der Waals surface area contributed by atoms with E-state index in [-0.39, 0.29) is 5.92 Å². The number of hydrogen-bond acceptors (Lipinski definition) is 1. The van der Waals surface area contributed by atoms with E-state index in [4.69, 9.17) is 6.42 Å². The summed E-state index contributed by atoms with van der Waals surface area (Å²) in [5.74, 6) is 2.97. The van der Waals surface area contributed by atoms with Gasteiger partial charge in [0, 0.05) is 12.3 Å². The van der Waals surface area contributed by atoms with E-state index in [0.717, 1.165) is 25.7 Å². The van der Waals surface area contributed by atoms with Crippen LogP contribution in [0.5, 0.6) is 0 Å².